The summed E-state index contributed by atoms with van der Waals surface area (Å²) in [6, 6.07) is -4.14. The van der Waals surface area contributed by atoms with E-state index in [9.17, 15) is 146 Å². The number of hydrogen-bond acceptors (Lipinski definition) is 45. The van der Waals surface area contributed by atoms with E-state index in [0.29, 0.717) is 12.8 Å². The quantitative estimate of drug-likeness (QED) is 0.0199. The number of rotatable bonds is 44. The fraction of sp³-hybridized carbons (Fsp3) is 0.870. The first-order chi connectivity index (χ1) is 60.4. The molecule has 742 valence electrons. The highest BCUT2D eigenvalue weighted by Crippen LogP contribution is 2.61. The summed E-state index contributed by atoms with van der Waals surface area (Å²) < 4.78 is 130. The average molecular weight is 1900 g/mol. The summed E-state index contributed by atoms with van der Waals surface area (Å²) in [5, 5.41) is 260. The van der Waals surface area contributed by atoms with Crippen LogP contribution in [0.15, 0.2) is 46.6 Å². The number of nitrogens with one attached hydrogen (secondary N) is 2. The number of aliphatic hydroxyl groups is 23. The molecule has 0 aromatic rings. The second kappa shape index (κ2) is 50.6. The zero-order valence-electron chi connectivity index (χ0n) is 71.8. The van der Waals surface area contributed by atoms with Gasteiger partial charge in [-0.25, -0.2) is 9.13 Å². The van der Waals surface area contributed by atoms with E-state index >= 15 is 0 Å². The van der Waals surface area contributed by atoms with Crippen molar-refractivity contribution >= 4 is 27.5 Å². The number of allylic oxidation sites excluding steroid dienone is 8. The third-order valence-electron chi connectivity index (χ3n) is 23.0. The molecule has 8 aliphatic heterocycles. The van der Waals surface area contributed by atoms with Crippen LogP contribution in [0.4, 0.5) is 0 Å². The molecular weight excluding hydrogens is 1770 g/mol. The van der Waals surface area contributed by atoms with Crippen LogP contribution in [-0.4, -0.2) is 444 Å². The van der Waals surface area contributed by atoms with Crippen molar-refractivity contribution in [3.05, 3.63) is 46.6 Å². The molecule has 0 aromatic carbocycles. The van der Waals surface area contributed by atoms with Gasteiger partial charge in [-0.3, -0.25) is 18.6 Å². The van der Waals surface area contributed by atoms with Gasteiger partial charge >= 0.3 is 15.6 Å². The lowest BCUT2D eigenvalue weighted by atomic mass is 9.94. The van der Waals surface area contributed by atoms with Crippen LogP contribution in [0.25, 0.3) is 0 Å². The minimum Gasteiger partial charge on any atom is -0.394 e. The van der Waals surface area contributed by atoms with Gasteiger partial charge < -0.3 is 209 Å². The molecule has 8 aliphatic rings. The Hall–Kier alpha value is -3.36. The van der Waals surface area contributed by atoms with Crippen molar-refractivity contribution in [2.75, 3.05) is 59.5 Å². The molecule has 49 nitrogen and oxygen atoms in total. The van der Waals surface area contributed by atoms with Crippen molar-refractivity contribution in [2.45, 2.75) is 359 Å². The third kappa shape index (κ3) is 29.1. The van der Waals surface area contributed by atoms with E-state index < -0.39 is 332 Å². The molecule has 8 rings (SSSR count). The molecule has 43 atom stereocenters. The maximum Gasteiger partial charge on any atom is 0.483 e. The monoisotopic (exact) mass is 1900 g/mol. The van der Waals surface area contributed by atoms with E-state index in [1.165, 1.54) is 22.3 Å². The smallest absolute Gasteiger partial charge is 0.394 e. The summed E-state index contributed by atoms with van der Waals surface area (Å²) in [5.41, 5.74) is 5.14. The molecule has 51 heteroatoms. The highest BCUT2D eigenvalue weighted by Gasteiger charge is 2.61. The predicted octanol–water partition coefficient (Wildman–Crippen LogP) is -8.95. The van der Waals surface area contributed by atoms with Crippen molar-refractivity contribution in [3.63, 3.8) is 0 Å². The molecule has 0 radical (unpaired) electrons. The van der Waals surface area contributed by atoms with Gasteiger partial charge in [0.2, 0.25) is 11.8 Å². The summed E-state index contributed by atoms with van der Waals surface area (Å²) >= 11 is 0. The fourth-order valence-corrected chi connectivity index (χ4v) is 17.8. The molecule has 8 fully saturated rings. The second-order valence-electron chi connectivity index (χ2n) is 33.3. The molecule has 0 bridgehead atoms. The van der Waals surface area contributed by atoms with E-state index in [1.807, 2.05) is 13.8 Å². The number of aliphatic hydroxyl groups excluding tert-OH is 23. The van der Waals surface area contributed by atoms with Gasteiger partial charge in [0, 0.05) is 13.8 Å². The molecule has 0 aromatic heterocycles. The summed E-state index contributed by atoms with van der Waals surface area (Å²) in [7, 11) is -11.4. The van der Waals surface area contributed by atoms with Crippen LogP contribution in [0, 0.1) is 5.92 Å². The highest BCUT2D eigenvalue weighted by atomic mass is 31.3. The first kappa shape index (κ1) is 110. The molecule has 27 N–H and O–H groups in total. The van der Waals surface area contributed by atoms with E-state index in [-0.39, 0.29) is 12.3 Å². The first-order valence-corrected chi connectivity index (χ1v) is 45.1. The van der Waals surface area contributed by atoms with Crippen molar-refractivity contribution in [1.29, 1.82) is 0 Å². The summed E-state index contributed by atoms with van der Waals surface area (Å²) in [5.74, 6) is -2.11. The maximum atomic E-state index is 13.6. The largest absolute Gasteiger partial charge is 0.483 e. The molecule has 4 unspecified atom stereocenters. The SMILES string of the molecule is CC(=O)N[C@H]1[C@H](O[C@H]2[C@H](O)[C@@H](NC(C)=O)C(OP(=O)(O)OP(=O)(O)OCCC(C)CC/C=C(/C)CC/C=C(\C)CC/C=C(\C)CCC=C(C)C)O[C@@H]2CO)O[C@H](CO)[C@@H](O[C@@H]2O[C@H](CO[C@H]3O[C@H](CO)[C@@H](O)[C@H](O[C@H]4O[C@H](CO)[C@@H](O)[C@H](O)[C@@H]4O)[C@@H]3O)[C@@H](O)[C@H](O[C@H]3O[C@H](CO)[C@@H](O)[C@H](O)[C@@H]3O[C@H]3O[C@H](CO)[C@@H](O)[C@H](O)[C@@H]3O[C@H]3O[C@H](CO)[C@@H](O)[C@H](O)[C@@H]3O)[C@@H]2O)[C@@H]1O. The molecule has 8 heterocycles. The van der Waals surface area contributed by atoms with E-state index in [4.69, 9.17) is 80.1 Å². The third-order valence-corrected chi connectivity index (χ3v) is 25.7. The highest BCUT2D eigenvalue weighted by molar-refractivity contribution is 7.61. The minimum atomic E-state index is -5.91. The van der Waals surface area contributed by atoms with E-state index in [1.54, 1.807) is 0 Å². The van der Waals surface area contributed by atoms with Gasteiger partial charge in [0.1, 0.15) is 195 Å². The van der Waals surface area contributed by atoms with Crippen molar-refractivity contribution in [1.82, 2.24) is 10.6 Å². The minimum absolute atomic E-state index is 0.0935. The van der Waals surface area contributed by atoms with Gasteiger partial charge in [-0.05, 0) is 98.3 Å². The molecule has 2 amide bonds. The van der Waals surface area contributed by atoms with Crippen LogP contribution in [-0.2, 0) is 103 Å². The molecule has 0 saturated carbocycles. The van der Waals surface area contributed by atoms with Crippen LogP contribution >= 0.6 is 15.6 Å². The Labute approximate surface area is 736 Å². The standard InChI is InChI=1S/C77H132N2O47P2/c1-31(2)13-9-14-32(3)15-10-16-33(4)17-11-18-34(5)19-12-20-35(6)21-22-110-127(105,106)126-128(107,108)125-71-47(79-37(8)88)55(96)64(44(29-86)117-71)119-70-46(78-36(7)87)54(95)65(43(28-85)116-70)120-75-63(104)67(53(94)45(118-75)30-109-72-62(103)66(52(93)42(27-84)111-72)121-73-60(101)56(97)48(89)38(23-80)112-73)122-76-69(59(100)51(92)40(25-82)114-76)124-77-68(58(99)50(91)41(26-83)115-77)123-74-61(102)57(98)49(90)39(24-81)113-74/h13,15,17,19,35,38-77,80-86,89-104H,9-12,14,16,18,20-30H2,1-8H3,(H,78,87)(H,79,88)(H,105,106)(H,107,108)/b32-15+,33-17+,34-19-/t35?,38-,39-,40-,41-,42-,43-,44-,45-,46-,47-,48-,49-,50-,51-,52-,53-,54-,55-,56+,57+,58+,59+,60+,61+,62+,63+,64-,65-,66+,67+,68+,69+,70+,71?,72+,73-,74-,75+,76-,77-/m1/s1. The van der Waals surface area contributed by atoms with Gasteiger partial charge in [-0.1, -0.05) is 53.5 Å². The topological polar surface area (TPSA) is 764 Å². The zero-order chi connectivity index (χ0) is 94.8. The van der Waals surface area contributed by atoms with Gasteiger partial charge in [0.15, 0.2) is 50.3 Å². The van der Waals surface area contributed by atoms with Gasteiger partial charge in [0.05, 0.1) is 59.5 Å². The van der Waals surface area contributed by atoms with Crippen LogP contribution in [0.2, 0.25) is 0 Å². The summed E-state index contributed by atoms with van der Waals surface area (Å²) in [4.78, 5) is 47.7. The van der Waals surface area contributed by atoms with Crippen molar-refractivity contribution in [3.8, 4) is 0 Å². The normalized spacial score (nSPS) is 42.5. The van der Waals surface area contributed by atoms with Crippen molar-refractivity contribution < 1.29 is 230 Å². The number of amides is 2. The Morgan fingerprint density at radius 3 is 1.11 bits per heavy atom. The maximum absolute atomic E-state index is 13.6. The van der Waals surface area contributed by atoms with Gasteiger partial charge in [-0.2, -0.15) is 4.31 Å². The van der Waals surface area contributed by atoms with Crippen LogP contribution in [0.3, 0.4) is 0 Å². The molecule has 8 saturated heterocycles. The van der Waals surface area contributed by atoms with Gasteiger partial charge in [-0.15, -0.1) is 0 Å². The first-order valence-electron chi connectivity index (χ1n) is 42.1. The fourth-order valence-electron chi connectivity index (χ4n) is 15.6. The lowest BCUT2D eigenvalue weighted by Gasteiger charge is -2.51. The van der Waals surface area contributed by atoms with Crippen LogP contribution in [0.5, 0.6) is 0 Å². The predicted molar refractivity (Wildman–Crippen MR) is 425 cm³/mol. The number of phosphoric ester groups is 2. The Bertz CT molecular complexity index is 3610. The second-order valence-corrected chi connectivity index (χ2v) is 36.3. The van der Waals surface area contributed by atoms with Crippen molar-refractivity contribution in [2.24, 2.45) is 5.92 Å². The zero-order valence-corrected chi connectivity index (χ0v) is 73.6. The summed E-state index contributed by atoms with van der Waals surface area (Å²) in [6.07, 6.45) is -66.3. The number of carbonyl (C=O) groups is 2. The Kier molecular flexibility index (Phi) is 43.5. The Morgan fingerprint density at radius 2 is 0.664 bits per heavy atom. The lowest BCUT2D eigenvalue weighted by molar-refractivity contribution is -0.408. The molecule has 128 heavy (non-hydrogen) atoms. The van der Waals surface area contributed by atoms with Gasteiger partial charge in [0.25, 0.3) is 0 Å². The molecule has 0 aliphatic carbocycles. The number of carbonyl (C=O) groups excluding carboxylic acids is 2. The van der Waals surface area contributed by atoms with Crippen LogP contribution < -0.4 is 10.6 Å². The van der Waals surface area contributed by atoms with E-state index in [2.05, 4.69) is 66.9 Å². The van der Waals surface area contributed by atoms with E-state index in [0.717, 1.165) is 52.4 Å². The summed E-state index contributed by atoms with van der Waals surface area (Å²) in [6.45, 7) is 4.56. The number of hydrogen-bond donors (Lipinski definition) is 27. The molecule has 0 spiro atoms. The molecular formula is C77H132N2O47P2. The number of ether oxygens (including phenoxy) is 15. The van der Waals surface area contributed by atoms with Crippen LogP contribution in [0.1, 0.15) is 113 Å². The Morgan fingerprint density at radius 1 is 0.336 bits per heavy atom. The average Bonchev–Trinajstić information content (AvgIpc) is 0.765. The lowest BCUT2D eigenvalue weighted by Crippen LogP contribution is -2.70. The number of phosphoric acid groups is 2. The Balaban J connectivity index is 1.01.